The number of alkyl halides is 2. The van der Waals surface area contributed by atoms with Gasteiger partial charge in [-0.05, 0) is 6.42 Å². The van der Waals surface area contributed by atoms with Crippen molar-refractivity contribution in [3.63, 3.8) is 0 Å². The Labute approximate surface area is 116 Å². The number of carbonyl (C=O) groups excluding carboxylic acids is 2. The van der Waals surface area contributed by atoms with E-state index in [9.17, 15) is 9.59 Å². The Morgan fingerprint density at radius 3 is 2.47 bits per heavy atom. The molecule has 1 heterocycles. The van der Waals surface area contributed by atoms with E-state index in [1.54, 1.807) is 0 Å². The van der Waals surface area contributed by atoms with E-state index in [0.717, 1.165) is 0 Å². The lowest BCUT2D eigenvalue weighted by Crippen LogP contribution is -2.48. The first-order valence-corrected chi connectivity index (χ1v) is 6.97. The maximum atomic E-state index is 11.0. The minimum atomic E-state index is -0.467. The number of hydrogen-bond donors (Lipinski definition) is 0. The number of hydrogen-bond acceptors (Lipinski definition) is 5. The van der Waals surface area contributed by atoms with Crippen LogP contribution in [0.1, 0.15) is 20.3 Å². The van der Waals surface area contributed by atoms with Crippen LogP contribution in [0.15, 0.2) is 0 Å². The van der Waals surface area contributed by atoms with E-state index in [2.05, 4.69) is 31.9 Å². The fourth-order valence-corrected chi connectivity index (χ4v) is 3.51. The van der Waals surface area contributed by atoms with Crippen LogP contribution >= 0.6 is 31.9 Å². The van der Waals surface area contributed by atoms with Gasteiger partial charge < -0.3 is 14.2 Å². The van der Waals surface area contributed by atoms with E-state index in [1.165, 1.54) is 13.8 Å². The van der Waals surface area contributed by atoms with Crippen LogP contribution in [-0.4, -0.2) is 40.6 Å². The number of ether oxygens (including phenoxy) is 3. The first-order valence-electron chi connectivity index (χ1n) is 5.14. The molecule has 0 spiro atoms. The van der Waals surface area contributed by atoms with Gasteiger partial charge in [-0.1, -0.05) is 31.9 Å². The van der Waals surface area contributed by atoms with E-state index in [-0.39, 0.29) is 22.4 Å². The monoisotopic (exact) mass is 372 g/mol. The average molecular weight is 374 g/mol. The van der Waals surface area contributed by atoms with Crippen molar-refractivity contribution >= 4 is 43.8 Å². The minimum Gasteiger partial charge on any atom is -0.463 e. The molecule has 0 aromatic carbocycles. The van der Waals surface area contributed by atoms with E-state index in [4.69, 9.17) is 14.2 Å². The third kappa shape index (κ3) is 4.93. The van der Waals surface area contributed by atoms with Crippen molar-refractivity contribution in [2.45, 2.75) is 42.3 Å². The van der Waals surface area contributed by atoms with Crippen molar-refractivity contribution in [2.24, 2.45) is 0 Å². The predicted octanol–water partition coefficient (Wildman–Crippen LogP) is 1.75. The molecule has 1 rings (SSSR count). The van der Waals surface area contributed by atoms with Crippen molar-refractivity contribution in [1.29, 1.82) is 0 Å². The smallest absolute Gasteiger partial charge is 0.303 e. The zero-order valence-corrected chi connectivity index (χ0v) is 12.7. The summed E-state index contributed by atoms with van der Waals surface area (Å²) in [6.45, 7) is 2.72. The topological polar surface area (TPSA) is 61.8 Å². The molecule has 17 heavy (non-hydrogen) atoms. The summed E-state index contributed by atoms with van der Waals surface area (Å²) in [5.74, 6) is -0.776. The molecule has 0 unspecified atom stereocenters. The van der Waals surface area contributed by atoms with Crippen LogP contribution in [0.5, 0.6) is 0 Å². The van der Waals surface area contributed by atoms with Crippen molar-refractivity contribution in [3.05, 3.63) is 0 Å². The molecule has 98 valence electrons. The summed E-state index contributed by atoms with van der Waals surface area (Å²) >= 11 is 6.78. The lowest BCUT2D eigenvalue weighted by atomic mass is 10.1. The second kappa shape index (κ2) is 6.70. The van der Waals surface area contributed by atoms with Crippen LogP contribution < -0.4 is 0 Å². The molecule has 0 aliphatic carbocycles. The highest BCUT2D eigenvalue weighted by Crippen LogP contribution is 2.31. The number of rotatable bonds is 3. The van der Waals surface area contributed by atoms with E-state index >= 15 is 0 Å². The van der Waals surface area contributed by atoms with Crippen molar-refractivity contribution in [2.75, 3.05) is 6.61 Å². The third-order valence-corrected chi connectivity index (χ3v) is 3.69. The second-order valence-electron chi connectivity index (χ2n) is 3.71. The summed E-state index contributed by atoms with van der Waals surface area (Å²) < 4.78 is 15.6. The highest BCUT2D eigenvalue weighted by Gasteiger charge is 2.39. The minimum absolute atomic E-state index is 0.0370. The van der Waals surface area contributed by atoms with Crippen LogP contribution in [0.25, 0.3) is 0 Å². The molecule has 0 aromatic heterocycles. The largest absolute Gasteiger partial charge is 0.463 e. The molecule has 1 saturated heterocycles. The summed E-state index contributed by atoms with van der Waals surface area (Å²) in [6.07, 6.45) is -0.264. The van der Waals surface area contributed by atoms with Gasteiger partial charge in [0.25, 0.3) is 0 Å². The van der Waals surface area contributed by atoms with E-state index in [1.807, 2.05) is 0 Å². The first kappa shape index (κ1) is 14.9. The first-order chi connectivity index (χ1) is 7.90. The lowest BCUT2D eigenvalue weighted by Gasteiger charge is -2.36. The van der Waals surface area contributed by atoms with Crippen LogP contribution in [0.2, 0.25) is 0 Å². The van der Waals surface area contributed by atoms with Gasteiger partial charge in [-0.25, -0.2) is 0 Å². The molecule has 7 heteroatoms. The van der Waals surface area contributed by atoms with Gasteiger partial charge >= 0.3 is 11.9 Å². The number of halogens is 2. The Bertz CT molecular complexity index is 296. The summed E-state index contributed by atoms with van der Waals surface area (Å²) in [7, 11) is 0. The Morgan fingerprint density at radius 1 is 1.29 bits per heavy atom. The number of esters is 2. The fourth-order valence-electron chi connectivity index (χ4n) is 1.54. The van der Waals surface area contributed by atoms with Crippen molar-refractivity contribution < 1.29 is 23.8 Å². The van der Waals surface area contributed by atoms with Crippen LogP contribution in [-0.2, 0) is 23.8 Å². The summed E-state index contributed by atoms with van der Waals surface area (Å²) in [6, 6.07) is 0. The lowest BCUT2D eigenvalue weighted by molar-refractivity contribution is -0.170. The highest BCUT2D eigenvalue weighted by molar-refractivity contribution is 9.10. The van der Waals surface area contributed by atoms with Gasteiger partial charge in [0.05, 0.1) is 4.83 Å². The van der Waals surface area contributed by atoms with Gasteiger partial charge in [0.15, 0.2) is 0 Å². The van der Waals surface area contributed by atoms with Gasteiger partial charge in [-0.3, -0.25) is 9.59 Å². The van der Waals surface area contributed by atoms with Gasteiger partial charge in [0.2, 0.25) is 0 Å². The van der Waals surface area contributed by atoms with Crippen LogP contribution in [0.3, 0.4) is 0 Å². The summed E-state index contributed by atoms with van der Waals surface area (Å²) in [5.41, 5.74) is 0. The average Bonchev–Trinajstić information content (AvgIpc) is 2.18. The SMILES string of the molecule is CC(=O)OC[C@H]1O[C@@H](Br)C[C@@H](Br)[C@@H]1OC(C)=O. The summed E-state index contributed by atoms with van der Waals surface area (Å²) in [5, 5.41) is -0.153. The zero-order chi connectivity index (χ0) is 13.0. The molecular formula is C10H14Br2O5. The fraction of sp³-hybridized carbons (Fsp3) is 0.800. The van der Waals surface area contributed by atoms with Gasteiger partial charge in [-0.2, -0.15) is 0 Å². The Morgan fingerprint density at radius 2 is 1.94 bits per heavy atom. The Kier molecular flexibility index (Phi) is 5.88. The van der Waals surface area contributed by atoms with Crippen LogP contribution in [0.4, 0.5) is 0 Å². The molecule has 5 nitrogen and oxygen atoms in total. The van der Waals surface area contributed by atoms with Gasteiger partial charge in [0.1, 0.15) is 23.8 Å². The van der Waals surface area contributed by atoms with Gasteiger partial charge in [-0.15, -0.1) is 0 Å². The van der Waals surface area contributed by atoms with Gasteiger partial charge in [0, 0.05) is 13.8 Å². The predicted molar refractivity (Wildman–Crippen MR) is 67.1 cm³/mol. The van der Waals surface area contributed by atoms with E-state index in [0.29, 0.717) is 6.42 Å². The molecule has 0 radical (unpaired) electrons. The molecule has 0 N–H and O–H groups in total. The highest BCUT2D eigenvalue weighted by atomic mass is 79.9. The van der Waals surface area contributed by atoms with Crippen molar-refractivity contribution in [1.82, 2.24) is 0 Å². The van der Waals surface area contributed by atoms with E-state index < -0.39 is 18.2 Å². The molecule has 0 bridgehead atoms. The molecule has 4 atom stereocenters. The Hall–Kier alpha value is -0.140. The maximum Gasteiger partial charge on any atom is 0.303 e. The van der Waals surface area contributed by atoms with Crippen molar-refractivity contribution in [3.8, 4) is 0 Å². The molecule has 1 aliphatic heterocycles. The molecule has 0 amide bonds. The molecule has 0 saturated carbocycles. The molecule has 1 aliphatic rings. The molecule has 1 fully saturated rings. The van der Waals surface area contributed by atoms with Crippen LogP contribution in [0, 0.1) is 0 Å². The maximum absolute atomic E-state index is 11.0. The number of carbonyl (C=O) groups is 2. The quantitative estimate of drug-likeness (QED) is 0.557. The standard InChI is InChI=1S/C10H14Br2O5/c1-5(13)15-4-8-10(16-6(2)14)7(11)3-9(12)17-8/h7-10H,3-4H2,1-2H3/t7-,8-,9-,10+/m1/s1. The normalized spacial score (nSPS) is 32.9. The zero-order valence-electron chi connectivity index (χ0n) is 9.52. The summed E-state index contributed by atoms with van der Waals surface area (Å²) in [4.78, 5) is 21.7. The molecule has 0 aromatic rings. The molecular weight excluding hydrogens is 360 g/mol. The second-order valence-corrected chi connectivity index (χ2v) is 5.91. The Balaban J connectivity index is 2.64. The third-order valence-electron chi connectivity index (χ3n) is 2.21.